The van der Waals surface area contributed by atoms with Crippen molar-refractivity contribution in [1.29, 1.82) is 0 Å². The Morgan fingerprint density at radius 2 is 1.47 bits per heavy atom. The molecule has 3 heterocycles. The fraction of sp³-hybridized carbons (Fsp3) is 0.500. The smallest absolute Gasteiger partial charge is 0.258 e. The molecule has 2 aromatic rings. The molecule has 2 fully saturated rings. The maximum Gasteiger partial charge on any atom is 0.258 e. The summed E-state index contributed by atoms with van der Waals surface area (Å²) in [6.45, 7) is 3.14. The van der Waals surface area contributed by atoms with Crippen LogP contribution in [0.2, 0.25) is 0 Å². The van der Waals surface area contributed by atoms with Crippen LogP contribution in [0, 0.1) is 5.82 Å². The van der Waals surface area contributed by atoms with Crippen molar-refractivity contribution in [3.05, 3.63) is 53.3 Å². The fourth-order valence-electron chi connectivity index (χ4n) is 5.41. The van der Waals surface area contributed by atoms with Gasteiger partial charge in [-0.1, -0.05) is 12.5 Å². The molecule has 0 atom stereocenters. The van der Waals surface area contributed by atoms with Crippen LogP contribution in [-0.4, -0.2) is 51.4 Å². The van der Waals surface area contributed by atoms with Crippen LogP contribution in [0.5, 0.6) is 0 Å². The first-order valence-corrected chi connectivity index (χ1v) is 13.9. The highest BCUT2D eigenvalue weighted by Crippen LogP contribution is 2.34. The third-order valence-corrected chi connectivity index (χ3v) is 9.18. The molecule has 0 radical (unpaired) electrons. The molecule has 3 aliphatic heterocycles. The van der Waals surface area contributed by atoms with Crippen LogP contribution >= 0.6 is 0 Å². The molecule has 6 nitrogen and oxygen atoms in total. The van der Waals surface area contributed by atoms with Gasteiger partial charge in [0.25, 0.3) is 5.91 Å². The summed E-state index contributed by atoms with van der Waals surface area (Å²) < 4.78 is 43.1. The fourth-order valence-corrected chi connectivity index (χ4v) is 7.16. The van der Waals surface area contributed by atoms with Gasteiger partial charge in [0.15, 0.2) is 0 Å². The molecule has 0 saturated carbocycles. The van der Waals surface area contributed by atoms with Gasteiger partial charge in [0, 0.05) is 38.3 Å². The number of piperidine rings is 2. The molecular formula is C26H32FN3O3S. The van der Waals surface area contributed by atoms with Gasteiger partial charge >= 0.3 is 0 Å². The van der Waals surface area contributed by atoms with E-state index in [1.54, 1.807) is 33.5 Å². The second-order valence-electron chi connectivity index (χ2n) is 9.53. The minimum atomic E-state index is -3.74. The van der Waals surface area contributed by atoms with E-state index in [0.29, 0.717) is 36.6 Å². The van der Waals surface area contributed by atoms with Crippen molar-refractivity contribution in [3.63, 3.8) is 0 Å². The number of sulfonamides is 1. The first kappa shape index (κ1) is 23.3. The Kier molecular flexibility index (Phi) is 6.62. The Bertz CT molecular complexity index is 1170. The molecule has 0 aliphatic carbocycles. The zero-order valence-electron chi connectivity index (χ0n) is 19.5. The Labute approximate surface area is 201 Å². The Morgan fingerprint density at radius 1 is 0.765 bits per heavy atom. The summed E-state index contributed by atoms with van der Waals surface area (Å²) in [5.74, 6) is -0.667. The van der Waals surface area contributed by atoms with E-state index >= 15 is 0 Å². The number of carbonyl (C=O) groups is 1. The zero-order chi connectivity index (χ0) is 23.7. The van der Waals surface area contributed by atoms with Gasteiger partial charge in [-0.05, 0) is 80.8 Å². The van der Waals surface area contributed by atoms with Crippen molar-refractivity contribution >= 4 is 27.3 Å². The van der Waals surface area contributed by atoms with Gasteiger partial charge in [-0.3, -0.25) is 4.79 Å². The predicted octanol–water partition coefficient (Wildman–Crippen LogP) is 4.58. The van der Waals surface area contributed by atoms with Gasteiger partial charge in [-0.25, -0.2) is 12.8 Å². The van der Waals surface area contributed by atoms with Crippen molar-refractivity contribution in [3.8, 4) is 0 Å². The molecule has 1 amide bonds. The Morgan fingerprint density at radius 3 is 2.21 bits per heavy atom. The zero-order valence-corrected chi connectivity index (χ0v) is 20.3. The minimum absolute atomic E-state index is 0.221. The topological polar surface area (TPSA) is 60.9 Å². The number of fused-ring (bicyclic) bond motifs is 1. The maximum atomic E-state index is 14.0. The highest BCUT2D eigenvalue weighted by molar-refractivity contribution is 7.89. The number of nitrogens with zero attached hydrogens (tertiary/aromatic N) is 3. The highest BCUT2D eigenvalue weighted by atomic mass is 32.2. The van der Waals surface area contributed by atoms with Crippen molar-refractivity contribution in [2.24, 2.45) is 0 Å². The van der Waals surface area contributed by atoms with Crippen molar-refractivity contribution in [2.75, 3.05) is 42.5 Å². The number of aryl methyl sites for hydroxylation is 1. The minimum Gasteiger partial charge on any atom is -0.370 e. The third-order valence-electron chi connectivity index (χ3n) is 7.25. The van der Waals surface area contributed by atoms with Gasteiger partial charge in [0.1, 0.15) is 10.7 Å². The molecule has 0 N–H and O–H groups in total. The number of halogens is 1. The third kappa shape index (κ3) is 4.45. The highest BCUT2D eigenvalue weighted by Gasteiger charge is 2.32. The molecule has 3 aliphatic rings. The lowest BCUT2D eigenvalue weighted by Crippen LogP contribution is -2.38. The van der Waals surface area contributed by atoms with E-state index in [-0.39, 0.29) is 16.6 Å². The molecule has 0 unspecified atom stereocenters. The summed E-state index contributed by atoms with van der Waals surface area (Å²) >= 11 is 0. The number of carbonyl (C=O) groups excluding carboxylic acids is 1. The van der Waals surface area contributed by atoms with Crippen LogP contribution in [0.25, 0.3) is 0 Å². The first-order valence-electron chi connectivity index (χ1n) is 12.4. The van der Waals surface area contributed by atoms with Crippen LogP contribution in [0.1, 0.15) is 60.9 Å². The van der Waals surface area contributed by atoms with E-state index in [2.05, 4.69) is 4.90 Å². The molecule has 0 spiro atoms. The molecule has 182 valence electrons. The first-order chi connectivity index (χ1) is 16.4. The Balaban J connectivity index is 1.55. The van der Waals surface area contributed by atoms with E-state index in [1.165, 1.54) is 12.1 Å². The lowest BCUT2D eigenvalue weighted by molar-refractivity contribution is 0.0985. The van der Waals surface area contributed by atoms with E-state index in [4.69, 9.17) is 0 Å². The Hall–Kier alpha value is -2.45. The van der Waals surface area contributed by atoms with Crippen LogP contribution in [-0.2, 0) is 16.4 Å². The van der Waals surface area contributed by atoms with Gasteiger partial charge in [-0.2, -0.15) is 4.31 Å². The molecule has 0 aromatic heterocycles. The predicted molar refractivity (Wildman–Crippen MR) is 132 cm³/mol. The number of hydrogen-bond donors (Lipinski definition) is 0. The molecular weight excluding hydrogens is 453 g/mol. The lowest BCUT2D eigenvalue weighted by Gasteiger charge is -2.33. The summed E-state index contributed by atoms with van der Waals surface area (Å²) in [6, 6.07) is 9.64. The van der Waals surface area contributed by atoms with E-state index in [0.717, 1.165) is 70.0 Å². The van der Waals surface area contributed by atoms with Crippen LogP contribution in [0.15, 0.2) is 41.3 Å². The molecule has 34 heavy (non-hydrogen) atoms. The molecule has 2 saturated heterocycles. The van der Waals surface area contributed by atoms with Crippen LogP contribution in [0.3, 0.4) is 0 Å². The van der Waals surface area contributed by atoms with Crippen LogP contribution in [0.4, 0.5) is 15.8 Å². The number of rotatable bonds is 4. The van der Waals surface area contributed by atoms with Crippen molar-refractivity contribution < 1.29 is 17.6 Å². The molecule has 5 rings (SSSR count). The van der Waals surface area contributed by atoms with E-state index in [9.17, 15) is 17.6 Å². The normalized spacial score (nSPS) is 19.7. The summed E-state index contributed by atoms with van der Waals surface area (Å²) in [5, 5.41) is 0. The summed E-state index contributed by atoms with van der Waals surface area (Å²) in [4.78, 5) is 17.6. The van der Waals surface area contributed by atoms with Crippen molar-refractivity contribution in [1.82, 2.24) is 4.31 Å². The quantitative estimate of drug-likeness (QED) is 0.636. The summed E-state index contributed by atoms with van der Waals surface area (Å²) in [6.07, 6.45) is 7.53. The maximum absolute atomic E-state index is 14.0. The largest absolute Gasteiger partial charge is 0.370 e. The van der Waals surface area contributed by atoms with E-state index < -0.39 is 10.0 Å². The monoisotopic (exact) mass is 485 g/mol. The SMILES string of the molecule is O=C(c1ccc(N2CCCCC2)c(S(=O)(=O)N2CCCCC2)c1)N1CCCc2ccc(F)cc21. The molecule has 2 aromatic carbocycles. The van der Waals surface area contributed by atoms with Gasteiger partial charge in [0.05, 0.1) is 11.4 Å². The van der Waals surface area contributed by atoms with Gasteiger partial charge in [-0.15, -0.1) is 0 Å². The molecule has 0 bridgehead atoms. The van der Waals surface area contributed by atoms with Gasteiger partial charge in [0.2, 0.25) is 10.0 Å². The summed E-state index contributed by atoms with van der Waals surface area (Å²) in [7, 11) is -3.74. The molecule has 8 heteroatoms. The average Bonchev–Trinajstić information content (AvgIpc) is 2.88. The standard InChI is InChI=1S/C26H32FN3O3S/c27-22-11-9-20-8-7-17-30(24(20)19-22)26(31)21-10-12-23(28-13-3-1-4-14-28)25(18-21)34(32,33)29-15-5-2-6-16-29/h9-12,18-19H,1-8,13-17H2. The summed E-state index contributed by atoms with van der Waals surface area (Å²) in [5.41, 5.74) is 2.53. The van der Waals surface area contributed by atoms with E-state index in [1.807, 2.05) is 0 Å². The second kappa shape index (κ2) is 9.66. The second-order valence-corrected chi connectivity index (χ2v) is 11.4. The average molecular weight is 486 g/mol. The number of amides is 1. The van der Waals surface area contributed by atoms with Crippen LogP contribution < -0.4 is 9.80 Å². The number of anilines is 2. The van der Waals surface area contributed by atoms with Gasteiger partial charge < -0.3 is 9.80 Å². The van der Waals surface area contributed by atoms with Crippen molar-refractivity contribution in [2.45, 2.75) is 56.3 Å². The number of hydrogen-bond acceptors (Lipinski definition) is 4. The number of benzene rings is 2. The lowest BCUT2D eigenvalue weighted by atomic mass is 10.0.